The summed E-state index contributed by atoms with van der Waals surface area (Å²) in [5.41, 5.74) is 0.371. The van der Waals surface area contributed by atoms with E-state index < -0.39 is 0 Å². The van der Waals surface area contributed by atoms with Crippen LogP contribution in [0.25, 0.3) is 52.5 Å². The third-order valence-corrected chi connectivity index (χ3v) is 9.08. The molecule has 1 aliphatic rings. The highest BCUT2D eigenvalue weighted by atomic mass is 32.1. The summed E-state index contributed by atoms with van der Waals surface area (Å²) < 4.78 is 15.4. The molecule has 1 saturated heterocycles. The molecule has 0 spiro atoms. The molecule has 166 valence electrons. The van der Waals surface area contributed by atoms with Crippen molar-refractivity contribution in [3.63, 3.8) is 0 Å². The fraction of sp³-hybridized carbons (Fsp3) is 0.200. The van der Waals surface area contributed by atoms with Gasteiger partial charge in [0, 0.05) is 25.6 Å². The average molecular weight is 460 g/mol. The first-order valence-electron chi connectivity index (χ1n) is 11.9. The zero-order valence-corrected chi connectivity index (χ0v) is 20.6. The van der Waals surface area contributed by atoms with Gasteiger partial charge in [0.25, 0.3) is 0 Å². The summed E-state index contributed by atoms with van der Waals surface area (Å²) in [6.45, 7) is 8.40. The monoisotopic (exact) mass is 460 g/mol. The average Bonchev–Trinajstić information content (AvgIpc) is 3.32. The molecule has 0 radical (unpaired) electrons. The van der Waals surface area contributed by atoms with Crippen LogP contribution in [0.3, 0.4) is 0 Å². The molecule has 2 nitrogen and oxygen atoms in total. The third kappa shape index (κ3) is 2.71. The van der Waals surface area contributed by atoms with E-state index in [1.165, 1.54) is 52.5 Å². The molecule has 34 heavy (non-hydrogen) atoms. The van der Waals surface area contributed by atoms with Crippen LogP contribution in [0.4, 0.5) is 0 Å². The van der Waals surface area contributed by atoms with E-state index >= 15 is 0 Å². The van der Waals surface area contributed by atoms with Crippen molar-refractivity contribution in [1.29, 1.82) is 0 Å². The molecule has 1 fully saturated rings. The number of benzene rings is 5. The van der Waals surface area contributed by atoms with Crippen molar-refractivity contribution < 1.29 is 9.31 Å². The Morgan fingerprint density at radius 3 is 1.97 bits per heavy atom. The Morgan fingerprint density at radius 1 is 0.618 bits per heavy atom. The van der Waals surface area contributed by atoms with E-state index in [-0.39, 0.29) is 18.3 Å². The van der Waals surface area contributed by atoms with Crippen LogP contribution in [-0.4, -0.2) is 18.3 Å². The Labute approximate surface area is 203 Å². The van der Waals surface area contributed by atoms with Crippen molar-refractivity contribution in [2.24, 2.45) is 0 Å². The largest absolute Gasteiger partial charge is 0.494 e. The summed E-state index contributed by atoms with van der Waals surface area (Å²) in [5, 5.41) is 10.5. The van der Waals surface area contributed by atoms with Crippen LogP contribution in [0.5, 0.6) is 0 Å². The molecule has 0 atom stereocenters. The first-order chi connectivity index (χ1) is 16.3. The van der Waals surface area contributed by atoms with E-state index in [2.05, 4.69) is 107 Å². The third-order valence-electron chi connectivity index (χ3n) is 7.88. The van der Waals surface area contributed by atoms with Crippen LogP contribution in [0.15, 0.2) is 78.9 Å². The lowest BCUT2D eigenvalue weighted by molar-refractivity contribution is 0.00578. The summed E-state index contributed by atoms with van der Waals surface area (Å²) in [6, 6.07) is 28.8. The van der Waals surface area contributed by atoms with Crippen LogP contribution in [0.1, 0.15) is 27.7 Å². The smallest absolute Gasteiger partial charge is 0.399 e. The highest BCUT2D eigenvalue weighted by molar-refractivity contribution is 7.27. The SMILES string of the molecule is CC1(C)OB(c2ccc3c(ccc4c5sc6ccccc6c5c5ccccc5c34)c2)OC1(C)C. The Morgan fingerprint density at radius 2 is 1.24 bits per heavy atom. The van der Waals surface area contributed by atoms with Gasteiger partial charge in [-0.05, 0) is 66.2 Å². The van der Waals surface area contributed by atoms with Gasteiger partial charge in [-0.2, -0.15) is 0 Å². The molecule has 4 heteroatoms. The lowest BCUT2D eigenvalue weighted by atomic mass is 9.78. The maximum atomic E-state index is 6.33. The molecule has 2 heterocycles. The van der Waals surface area contributed by atoms with E-state index in [4.69, 9.17) is 9.31 Å². The summed E-state index contributed by atoms with van der Waals surface area (Å²) in [5.74, 6) is 0. The molecule has 7 rings (SSSR count). The fourth-order valence-electron chi connectivity index (χ4n) is 5.38. The van der Waals surface area contributed by atoms with Crippen molar-refractivity contribution >= 4 is 76.4 Å². The van der Waals surface area contributed by atoms with Crippen molar-refractivity contribution in [3.05, 3.63) is 78.9 Å². The lowest BCUT2D eigenvalue weighted by Gasteiger charge is -2.32. The molecule has 0 bridgehead atoms. The molecule has 1 aromatic heterocycles. The summed E-state index contributed by atoms with van der Waals surface area (Å²) in [7, 11) is -0.355. The number of hydrogen-bond acceptors (Lipinski definition) is 3. The molecule has 5 aromatic carbocycles. The van der Waals surface area contributed by atoms with E-state index in [0.29, 0.717) is 0 Å². The molecular weight excluding hydrogens is 435 g/mol. The molecule has 1 aliphatic heterocycles. The maximum absolute atomic E-state index is 6.33. The predicted octanol–water partition coefficient (Wildman–Crippen LogP) is 7.81. The normalized spacial score (nSPS) is 17.6. The first kappa shape index (κ1) is 20.5. The quantitative estimate of drug-likeness (QED) is 0.184. The van der Waals surface area contributed by atoms with Gasteiger partial charge in [-0.25, -0.2) is 0 Å². The molecule has 0 saturated carbocycles. The topological polar surface area (TPSA) is 18.5 Å². The van der Waals surface area contributed by atoms with Gasteiger partial charge in [-0.1, -0.05) is 72.8 Å². The van der Waals surface area contributed by atoms with Crippen molar-refractivity contribution in [2.45, 2.75) is 38.9 Å². The number of thiophene rings is 1. The van der Waals surface area contributed by atoms with Crippen LogP contribution in [0, 0.1) is 0 Å². The molecule has 0 aliphatic carbocycles. The Kier molecular flexibility index (Phi) is 4.10. The standard InChI is InChI=1S/C30H25BO2S/c1-29(2)30(3,4)33-31(32-29)19-14-16-20-18(17-19)13-15-24-26(20)21-9-5-6-10-22(21)27-23-11-7-8-12-25(23)34-28(24)27/h5-17H,1-4H3. The predicted molar refractivity (Wildman–Crippen MR) is 148 cm³/mol. The molecule has 6 aromatic rings. The molecular formula is C30H25BO2S. The fourth-order valence-corrected chi connectivity index (χ4v) is 6.62. The van der Waals surface area contributed by atoms with E-state index in [9.17, 15) is 0 Å². The number of fused-ring (bicyclic) bond motifs is 10. The van der Waals surface area contributed by atoms with Crippen LogP contribution < -0.4 is 5.46 Å². The highest BCUT2D eigenvalue weighted by Gasteiger charge is 2.51. The Bertz CT molecular complexity index is 1760. The second kappa shape index (κ2) is 6.82. The Hall–Kier alpha value is -2.92. The van der Waals surface area contributed by atoms with Crippen molar-refractivity contribution in [1.82, 2.24) is 0 Å². The maximum Gasteiger partial charge on any atom is 0.494 e. The first-order valence-corrected chi connectivity index (χ1v) is 12.7. The van der Waals surface area contributed by atoms with Gasteiger partial charge in [-0.3, -0.25) is 0 Å². The summed E-state index contributed by atoms with van der Waals surface area (Å²) in [6.07, 6.45) is 0. The molecule has 0 N–H and O–H groups in total. The minimum absolute atomic E-state index is 0.348. The van der Waals surface area contributed by atoms with E-state index in [1.807, 2.05) is 11.3 Å². The Balaban J connectivity index is 1.53. The van der Waals surface area contributed by atoms with Crippen LogP contribution >= 0.6 is 11.3 Å². The van der Waals surface area contributed by atoms with Crippen LogP contribution in [-0.2, 0) is 9.31 Å². The minimum atomic E-state index is -0.355. The van der Waals surface area contributed by atoms with Gasteiger partial charge < -0.3 is 9.31 Å². The van der Waals surface area contributed by atoms with Crippen LogP contribution in [0.2, 0.25) is 0 Å². The van der Waals surface area contributed by atoms with Gasteiger partial charge in [0.2, 0.25) is 0 Å². The number of hydrogen-bond donors (Lipinski definition) is 0. The lowest BCUT2D eigenvalue weighted by Crippen LogP contribution is -2.41. The second-order valence-electron chi connectivity index (χ2n) is 10.4. The van der Waals surface area contributed by atoms with Gasteiger partial charge in [0.05, 0.1) is 11.2 Å². The van der Waals surface area contributed by atoms with E-state index in [0.717, 1.165) is 5.46 Å². The molecule has 0 unspecified atom stereocenters. The molecule has 0 amide bonds. The van der Waals surface area contributed by atoms with Crippen molar-refractivity contribution in [3.8, 4) is 0 Å². The van der Waals surface area contributed by atoms with Crippen molar-refractivity contribution in [2.75, 3.05) is 0 Å². The number of rotatable bonds is 1. The van der Waals surface area contributed by atoms with Gasteiger partial charge in [0.1, 0.15) is 0 Å². The second-order valence-corrected chi connectivity index (χ2v) is 11.5. The minimum Gasteiger partial charge on any atom is -0.399 e. The highest BCUT2D eigenvalue weighted by Crippen LogP contribution is 2.45. The summed E-state index contributed by atoms with van der Waals surface area (Å²) >= 11 is 1.90. The van der Waals surface area contributed by atoms with Gasteiger partial charge >= 0.3 is 7.12 Å². The zero-order valence-electron chi connectivity index (χ0n) is 19.8. The van der Waals surface area contributed by atoms with Gasteiger partial charge in [-0.15, -0.1) is 11.3 Å². The van der Waals surface area contributed by atoms with E-state index in [1.54, 1.807) is 0 Å². The van der Waals surface area contributed by atoms with Gasteiger partial charge in [0.15, 0.2) is 0 Å². The summed E-state index contributed by atoms with van der Waals surface area (Å²) in [4.78, 5) is 0. The zero-order chi connectivity index (χ0) is 23.2.